The maximum atomic E-state index is 8.74. The summed E-state index contributed by atoms with van der Waals surface area (Å²) in [7, 11) is 1.43. The zero-order valence-electron chi connectivity index (χ0n) is 8.03. The first-order chi connectivity index (χ1) is 6.72. The van der Waals surface area contributed by atoms with Gasteiger partial charge in [0, 0.05) is 6.54 Å². The largest absolute Gasteiger partial charge is 0.480 e. The molecule has 0 fully saturated rings. The second-order valence-corrected chi connectivity index (χ2v) is 2.46. The van der Waals surface area contributed by atoms with Crippen LogP contribution in [0.2, 0.25) is 0 Å². The van der Waals surface area contributed by atoms with E-state index in [-0.39, 0.29) is 17.3 Å². The van der Waals surface area contributed by atoms with Crippen molar-refractivity contribution in [2.75, 3.05) is 24.7 Å². The Morgan fingerprint density at radius 1 is 1.57 bits per heavy atom. The number of nitrogen functional groups attached to an aromatic ring is 1. The van der Waals surface area contributed by atoms with Crippen molar-refractivity contribution in [3.05, 3.63) is 5.56 Å². The fourth-order valence-corrected chi connectivity index (χ4v) is 0.947. The predicted molar refractivity (Wildman–Crippen MR) is 51.9 cm³/mol. The van der Waals surface area contributed by atoms with Gasteiger partial charge in [0.1, 0.15) is 6.07 Å². The van der Waals surface area contributed by atoms with Gasteiger partial charge in [-0.15, -0.1) is 0 Å². The van der Waals surface area contributed by atoms with Crippen molar-refractivity contribution in [2.24, 2.45) is 0 Å². The average Bonchev–Trinajstić information content (AvgIpc) is 2.17. The molecule has 0 aliphatic carbocycles. The molecule has 0 bridgehead atoms. The minimum atomic E-state index is 0.121. The maximum Gasteiger partial charge on any atom is 0.238 e. The number of rotatable bonds is 3. The first-order valence-corrected chi connectivity index (χ1v) is 4.08. The third-order valence-corrected chi connectivity index (χ3v) is 1.54. The summed E-state index contributed by atoms with van der Waals surface area (Å²) in [5, 5.41) is 11.6. The first-order valence-electron chi connectivity index (χ1n) is 4.08. The van der Waals surface area contributed by atoms with E-state index in [4.69, 9.17) is 15.7 Å². The summed E-state index contributed by atoms with van der Waals surface area (Å²) < 4.78 is 4.91. The topological polar surface area (TPSA) is 96.8 Å². The molecule has 0 aliphatic rings. The number of hydrogen-bond donors (Lipinski definition) is 2. The zero-order chi connectivity index (χ0) is 10.6. The highest BCUT2D eigenvalue weighted by atomic mass is 16.5. The highest BCUT2D eigenvalue weighted by molar-refractivity contribution is 5.56. The van der Waals surface area contributed by atoms with Gasteiger partial charge in [-0.25, -0.2) is 0 Å². The summed E-state index contributed by atoms with van der Waals surface area (Å²) in [6.45, 7) is 2.58. The van der Waals surface area contributed by atoms with E-state index < -0.39 is 0 Å². The Hall–Kier alpha value is -2.03. The van der Waals surface area contributed by atoms with E-state index >= 15 is 0 Å². The van der Waals surface area contributed by atoms with Crippen molar-refractivity contribution < 1.29 is 4.74 Å². The van der Waals surface area contributed by atoms with Gasteiger partial charge in [-0.1, -0.05) is 0 Å². The van der Waals surface area contributed by atoms with Crippen LogP contribution in [0.4, 0.5) is 11.8 Å². The summed E-state index contributed by atoms with van der Waals surface area (Å²) in [5.41, 5.74) is 5.71. The molecule has 1 aromatic heterocycles. The second-order valence-electron chi connectivity index (χ2n) is 2.46. The Morgan fingerprint density at radius 3 is 2.79 bits per heavy atom. The van der Waals surface area contributed by atoms with Gasteiger partial charge < -0.3 is 15.8 Å². The molecule has 1 aromatic rings. The molecule has 0 atom stereocenters. The number of ether oxygens (including phenoxy) is 1. The van der Waals surface area contributed by atoms with Gasteiger partial charge in [0.2, 0.25) is 11.8 Å². The first kappa shape index (κ1) is 10.1. The van der Waals surface area contributed by atoms with Gasteiger partial charge in [0.25, 0.3) is 0 Å². The number of hydrogen-bond acceptors (Lipinski definition) is 6. The Kier molecular flexibility index (Phi) is 3.07. The standard InChI is InChI=1S/C8H11N5O/c1-3-11-8-12-6(10)5(4-9)7(13-8)14-2/h3H2,1-2H3,(H3,10,11,12,13). The fraction of sp³-hybridized carbons (Fsp3) is 0.375. The van der Waals surface area contributed by atoms with E-state index in [2.05, 4.69) is 15.3 Å². The Balaban J connectivity index is 3.19. The van der Waals surface area contributed by atoms with Crippen molar-refractivity contribution in [1.29, 1.82) is 5.26 Å². The van der Waals surface area contributed by atoms with E-state index in [0.29, 0.717) is 12.5 Å². The molecule has 6 nitrogen and oxygen atoms in total. The van der Waals surface area contributed by atoms with Crippen LogP contribution < -0.4 is 15.8 Å². The monoisotopic (exact) mass is 193 g/mol. The highest BCUT2D eigenvalue weighted by Gasteiger charge is 2.11. The zero-order valence-corrected chi connectivity index (χ0v) is 8.03. The van der Waals surface area contributed by atoms with Gasteiger partial charge >= 0.3 is 0 Å². The second kappa shape index (κ2) is 4.28. The summed E-state index contributed by atoms with van der Waals surface area (Å²) in [6.07, 6.45) is 0. The van der Waals surface area contributed by atoms with Crippen LogP contribution in [0, 0.1) is 11.3 Å². The molecular formula is C8H11N5O. The van der Waals surface area contributed by atoms with Crippen LogP contribution in [0.5, 0.6) is 5.88 Å². The molecule has 1 rings (SSSR count). The Bertz CT molecular complexity index is 371. The molecule has 1 heterocycles. The van der Waals surface area contributed by atoms with Crippen LogP contribution in [-0.2, 0) is 0 Å². The molecule has 0 unspecified atom stereocenters. The molecule has 0 radical (unpaired) electrons. The molecular weight excluding hydrogens is 182 g/mol. The lowest BCUT2D eigenvalue weighted by Crippen LogP contribution is -2.07. The van der Waals surface area contributed by atoms with Crippen molar-refractivity contribution in [1.82, 2.24) is 9.97 Å². The van der Waals surface area contributed by atoms with E-state index in [9.17, 15) is 0 Å². The molecule has 0 amide bonds. The summed E-state index contributed by atoms with van der Waals surface area (Å²) in [5.74, 6) is 0.673. The SMILES string of the molecule is CCNc1nc(N)c(C#N)c(OC)n1. The number of nitrogens with zero attached hydrogens (tertiary/aromatic N) is 3. The van der Waals surface area contributed by atoms with Crippen LogP contribution in [0.25, 0.3) is 0 Å². The van der Waals surface area contributed by atoms with E-state index in [0.717, 1.165) is 0 Å². The number of aromatic nitrogens is 2. The summed E-state index contributed by atoms with van der Waals surface area (Å²) in [6, 6.07) is 1.88. The van der Waals surface area contributed by atoms with Crippen molar-refractivity contribution >= 4 is 11.8 Å². The third-order valence-electron chi connectivity index (χ3n) is 1.54. The minimum absolute atomic E-state index is 0.121. The van der Waals surface area contributed by atoms with Gasteiger partial charge in [-0.3, -0.25) is 0 Å². The Morgan fingerprint density at radius 2 is 2.29 bits per heavy atom. The molecule has 0 aliphatic heterocycles. The molecule has 0 saturated carbocycles. The lowest BCUT2D eigenvalue weighted by atomic mass is 10.3. The molecule has 3 N–H and O–H groups in total. The van der Waals surface area contributed by atoms with E-state index in [1.807, 2.05) is 13.0 Å². The molecule has 0 saturated heterocycles. The van der Waals surface area contributed by atoms with E-state index in [1.54, 1.807) is 0 Å². The van der Waals surface area contributed by atoms with E-state index in [1.165, 1.54) is 7.11 Å². The van der Waals surface area contributed by atoms with Gasteiger partial charge in [0.15, 0.2) is 11.4 Å². The maximum absolute atomic E-state index is 8.74. The van der Waals surface area contributed by atoms with Crippen LogP contribution in [0.3, 0.4) is 0 Å². The number of anilines is 2. The summed E-state index contributed by atoms with van der Waals surface area (Å²) in [4.78, 5) is 7.86. The van der Waals surface area contributed by atoms with Crippen molar-refractivity contribution in [2.45, 2.75) is 6.92 Å². The quantitative estimate of drug-likeness (QED) is 0.719. The van der Waals surface area contributed by atoms with Crippen LogP contribution in [0.15, 0.2) is 0 Å². The molecule has 74 valence electrons. The smallest absolute Gasteiger partial charge is 0.238 e. The minimum Gasteiger partial charge on any atom is -0.480 e. The number of nitrogens with two attached hydrogens (primary N) is 1. The number of nitriles is 1. The van der Waals surface area contributed by atoms with Gasteiger partial charge in [0.05, 0.1) is 7.11 Å². The van der Waals surface area contributed by atoms with Gasteiger partial charge in [-0.2, -0.15) is 15.2 Å². The molecule has 6 heteroatoms. The van der Waals surface area contributed by atoms with Crippen LogP contribution in [-0.4, -0.2) is 23.6 Å². The molecule has 0 aromatic carbocycles. The van der Waals surface area contributed by atoms with Crippen LogP contribution in [0.1, 0.15) is 12.5 Å². The lowest BCUT2D eigenvalue weighted by Gasteiger charge is -2.07. The lowest BCUT2D eigenvalue weighted by molar-refractivity contribution is 0.396. The predicted octanol–water partition coefficient (Wildman–Crippen LogP) is 0.371. The molecule has 14 heavy (non-hydrogen) atoms. The fourth-order valence-electron chi connectivity index (χ4n) is 0.947. The molecule has 0 spiro atoms. The van der Waals surface area contributed by atoms with Crippen molar-refractivity contribution in [3.63, 3.8) is 0 Å². The highest BCUT2D eigenvalue weighted by Crippen LogP contribution is 2.20. The van der Waals surface area contributed by atoms with Crippen molar-refractivity contribution in [3.8, 4) is 11.9 Å². The number of nitrogens with one attached hydrogen (secondary N) is 1. The normalized spacial score (nSPS) is 9.21. The van der Waals surface area contributed by atoms with Gasteiger partial charge in [-0.05, 0) is 6.92 Å². The average molecular weight is 193 g/mol. The summed E-state index contributed by atoms with van der Waals surface area (Å²) >= 11 is 0. The number of methoxy groups -OCH3 is 1. The third kappa shape index (κ3) is 1.82. The van der Waals surface area contributed by atoms with Crippen LogP contribution >= 0.6 is 0 Å². The Labute approximate surface area is 81.7 Å².